The van der Waals surface area contributed by atoms with Crippen LogP contribution in [0.5, 0.6) is 0 Å². The average Bonchev–Trinajstić information content (AvgIpc) is 2.90. The Kier molecular flexibility index (Phi) is 5.97. The van der Waals surface area contributed by atoms with E-state index in [-0.39, 0.29) is 10.8 Å². The minimum atomic E-state index is -3.57. The van der Waals surface area contributed by atoms with E-state index in [1.165, 1.54) is 31.5 Å². The molecule has 0 unspecified atom stereocenters. The molecule has 6 nitrogen and oxygen atoms in total. The first-order valence-corrected chi connectivity index (χ1v) is 10.2. The van der Waals surface area contributed by atoms with Crippen molar-refractivity contribution in [1.82, 2.24) is 9.29 Å². The molecule has 1 aromatic heterocycles. The number of benzene rings is 1. The maximum Gasteiger partial charge on any atom is 0.267 e. The van der Waals surface area contributed by atoms with Crippen molar-refractivity contribution in [1.29, 1.82) is 0 Å². The van der Waals surface area contributed by atoms with E-state index in [4.69, 9.17) is 0 Å². The Morgan fingerprint density at radius 1 is 1.28 bits per heavy atom. The number of nitrogens with one attached hydrogen (secondary N) is 1. The van der Waals surface area contributed by atoms with Gasteiger partial charge in [-0.15, -0.1) is 11.3 Å². The van der Waals surface area contributed by atoms with Crippen molar-refractivity contribution in [3.63, 3.8) is 0 Å². The lowest BCUT2D eigenvalue weighted by molar-refractivity contribution is 0.102. The van der Waals surface area contributed by atoms with Crippen molar-refractivity contribution in [2.75, 3.05) is 19.4 Å². The first kappa shape index (κ1) is 19.6. The minimum absolute atomic E-state index is 0.183. The summed E-state index contributed by atoms with van der Waals surface area (Å²) in [4.78, 5) is 17.7. The van der Waals surface area contributed by atoms with Gasteiger partial charge in [-0.05, 0) is 44.4 Å². The summed E-state index contributed by atoms with van der Waals surface area (Å²) in [6.45, 7) is 5.60. The molecule has 0 aliphatic heterocycles. The molecule has 1 heterocycles. The van der Waals surface area contributed by atoms with E-state index in [1.807, 2.05) is 6.92 Å². The van der Waals surface area contributed by atoms with Gasteiger partial charge in [-0.2, -0.15) is 0 Å². The van der Waals surface area contributed by atoms with Gasteiger partial charge in [-0.3, -0.25) is 4.79 Å². The number of thiazole rings is 1. The number of aryl methyl sites for hydroxylation is 3. The van der Waals surface area contributed by atoms with Gasteiger partial charge in [0.15, 0.2) is 0 Å². The third kappa shape index (κ3) is 4.26. The maximum absolute atomic E-state index is 12.5. The lowest BCUT2D eigenvalue weighted by Gasteiger charge is -2.15. The zero-order chi connectivity index (χ0) is 18.8. The molecule has 0 fully saturated rings. The number of hydrogen-bond acceptors (Lipinski definition) is 5. The van der Waals surface area contributed by atoms with Crippen LogP contribution >= 0.6 is 11.3 Å². The second-order valence-corrected chi connectivity index (χ2v) is 9.20. The van der Waals surface area contributed by atoms with Crippen molar-refractivity contribution in [3.05, 3.63) is 39.3 Å². The quantitative estimate of drug-likeness (QED) is 0.833. The predicted octanol–water partition coefficient (Wildman–Crippen LogP) is 3.22. The van der Waals surface area contributed by atoms with E-state index in [0.717, 1.165) is 22.2 Å². The number of carbonyl (C=O) groups is 1. The average molecular weight is 382 g/mol. The molecule has 0 aliphatic carbocycles. The largest absolute Gasteiger partial charge is 0.321 e. The van der Waals surface area contributed by atoms with E-state index in [2.05, 4.69) is 17.2 Å². The van der Waals surface area contributed by atoms with Crippen LogP contribution in [0.2, 0.25) is 0 Å². The van der Waals surface area contributed by atoms with Crippen LogP contribution < -0.4 is 5.32 Å². The number of rotatable bonds is 6. The first-order chi connectivity index (χ1) is 11.7. The summed E-state index contributed by atoms with van der Waals surface area (Å²) in [7, 11) is -0.605. The molecule has 136 valence electrons. The number of hydrogen-bond donors (Lipinski definition) is 1. The number of aromatic nitrogens is 1. The zero-order valence-corrected chi connectivity index (χ0v) is 16.7. The summed E-state index contributed by atoms with van der Waals surface area (Å²) < 4.78 is 25.9. The second kappa shape index (κ2) is 7.63. The molecular formula is C17H23N3O3S2. The predicted molar refractivity (Wildman–Crippen MR) is 101 cm³/mol. The summed E-state index contributed by atoms with van der Waals surface area (Å²) >= 11 is 1.38. The van der Waals surface area contributed by atoms with Crippen LogP contribution in [0.3, 0.4) is 0 Å². The monoisotopic (exact) mass is 381 g/mol. The lowest BCUT2D eigenvalue weighted by Crippen LogP contribution is -2.23. The fraction of sp³-hybridized carbons (Fsp3) is 0.412. The van der Waals surface area contributed by atoms with Gasteiger partial charge in [0.2, 0.25) is 10.0 Å². The molecule has 2 rings (SSSR count). The first-order valence-electron chi connectivity index (χ1n) is 7.97. The van der Waals surface area contributed by atoms with Gasteiger partial charge < -0.3 is 5.32 Å². The van der Waals surface area contributed by atoms with Gasteiger partial charge in [-0.25, -0.2) is 17.7 Å². The summed E-state index contributed by atoms with van der Waals surface area (Å²) in [6.07, 6.45) is 1.81. The van der Waals surface area contributed by atoms with Gasteiger partial charge in [0.1, 0.15) is 4.88 Å². The van der Waals surface area contributed by atoms with Crippen molar-refractivity contribution in [2.24, 2.45) is 0 Å². The highest BCUT2D eigenvalue weighted by Gasteiger charge is 2.21. The minimum Gasteiger partial charge on any atom is -0.321 e. The van der Waals surface area contributed by atoms with E-state index in [0.29, 0.717) is 21.8 Å². The number of amides is 1. The third-order valence-corrected chi connectivity index (χ3v) is 6.89. The zero-order valence-electron chi connectivity index (χ0n) is 15.1. The van der Waals surface area contributed by atoms with E-state index in [1.54, 1.807) is 19.1 Å². The van der Waals surface area contributed by atoms with E-state index in [9.17, 15) is 13.2 Å². The van der Waals surface area contributed by atoms with Crippen LogP contribution in [-0.2, 0) is 16.4 Å². The normalized spacial score (nSPS) is 11.8. The molecule has 25 heavy (non-hydrogen) atoms. The number of nitrogens with zero attached hydrogens (tertiary/aromatic N) is 2. The summed E-state index contributed by atoms with van der Waals surface area (Å²) in [6, 6.07) is 4.88. The maximum atomic E-state index is 12.5. The van der Waals surface area contributed by atoms with Gasteiger partial charge in [-0.1, -0.05) is 13.0 Å². The molecule has 0 aliphatic rings. The Bertz CT molecular complexity index is 887. The standard InChI is InChI=1S/C17H23N3O3S2/c1-6-7-15-18-12(3)16(24-15)17(21)19-13-9-8-11(2)14(10-13)25(22,23)20(4)5/h8-10H,6-7H2,1-5H3,(H,19,21). The summed E-state index contributed by atoms with van der Waals surface area (Å²) in [5.74, 6) is -0.269. The van der Waals surface area contributed by atoms with Crippen molar-refractivity contribution >= 4 is 33.0 Å². The molecule has 8 heteroatoms. The SMILES string of the molecule is CCCc1nc(C)c(C(=O)Nc2ccc(C)c(S(=O)(=O)N(C)C)c2)s1. The highest BCUT2D eigenvalue weighted by atomic mass is 32.2. The van der Waals surface area contributed by atoms with Crippen LogP contribution in [0.1, 0.15) is 39.3 Å². The van der Waals surface area contributed by atoms with Crippen LogP contribution in [0.4, 0.5) is 5.69 Å². The molecule has 0 spiro atoms. The molecular weight excluding hydrogens is 358 g/mol. The molecule has 0 radical (unpaired) electrons. The van der Waals surface area contributed by atoms with Gasteiger partial charge in [0.25, 0.3) is 5.91 Å². The molecule has 1 amide bonds. The van der Waals surface area contributed by atoms with Gasteiger partial charge in [0.05, 0.1) is 15.6 Å². The summed E-state index contributed by atoms with van der Waals surface area (Å²) in [5, 5.41) is 3.72. The molecule has 0 saturated carbocycles. The fourth-order valence-electron chi connectivity index (χ4n) is 2.32. The molecule has 1 N–H and O–H groups in total. The van der Waals surface area contributed by atoms with Gasteiger partial charge in [0, 0.05) is 19.8 Å². The molecule has 2 aromatic rings. The van der Waals surface area contributed by atoms with Crippen LogP contribution in [0.25, 0.3) is 0 Å². The Morgan fingerprint density at radius 2 is 1.96 bits per heavy atom. The van der Waals surface area contributed by atoms with Crippen molar-refractivity contribution in [3.8, 4) is 0 Å². The number of sulfonamides is 1. The van der Waals surface area contributed by atoms with Crippen LogP contribution in [0.15, 0.2) is 23.1 Å². The second-order valence-electron chi connectivity index (χ2n) is 5.99. The highest BCUT2D eigenvalue weighted by Crippen LogP contribution is 2.24. The van der Waals surface area contributed by atoms with Crippen molar-refractivity contribution < 1.29 is 13.2 Å². The topological polar surface area (TPSA) is 79.4 Å². The van der Waals surface area contributed by atoms with E-state index < -0.39 is 10.0 Å². The van der Waals surface area contributed by atoms with Gasteiger partial charge >= 0.3 is 0 Å². The number of anilines is 1. The Hall–Kier alpha value is -1.77. The highest BCUT2D eigenvalue weighted by molar-refractivity contribution is 7.89. The summed E-state index contributed by atoms with van der Waals surface area (Å²) in [5.41, 5.74) is 1.77. The van der Waals surface area contributed by atoms with E-state index >= 15 is 0 Å². The van der Waals surface area contributed by atoms with Crippen LogP contribution in [-0.4, -0.2) is 37.7 Å². The lowest BCUT2D eigenvalue weighted by atomic mass is 10.2. The Morgan fingerprint density at radius 3 is 2.56 bits per heavy atom. The Balaban J connectivity index is 2.31. The molecule has 0 bridgehead atoms. The number of carbonyl (C=O) groups excluding carboxylic acids is 1. The fourth-order valence-corrected chi connectivity index (χ4v) is 4.53. The molecule has 0 saturated heterocycles. The molecule has 0 atom stereocenters. The van der Waals surface area contributed by atoms with Crippen molar-refractivity contribution in [2.45, 2.75) is 38.5 Å². The third-order valence-electron chi connectivity index (χ3n) is 3.72. The molecule has 1 aromatic carbocycles. The van der Waals surface area contributed by atoms with Crippen LogP contribution in [0, 0.1) is 13.8 Å². The smallest absolute Gasteiger partial charge is 0.267 e. The Labute approximate surface area is 153 Å².